The van der Waals surface area contributed by atoms with E-state index in [9.17, 15) is 23.3 Å². The van der Waals surface area contributed by atoms with Crippen LogP contribution in [0, 0.1) is 10.1 Å². The van der Waals surface area contributed by atoms with Crippen LogP contribution in [0.1, 0.15) is 13.8 Å². The van der Waals surface area contributed by atoms with Crippen molar-refractivity contribution >= 4 is 33.0 Å². The highest BCUT2D eigenvalue weighted by molar-refractivity contribution is 7.92. The standard InChI is InChI=1S/C18H19N3O7S/c1-11-10-20(12(2)22)15-9-14(5-7-18(15)28-11)29(25,26)19-13-4-6-17(27-3)16(8-13)21(23)24/h4-9,11,19H,10H2,1-3H3. The minimum absolute atomic E-state index is 0.00326. The molecule has 10 nitrogen and oxygen atoms in total. The SMILES string of the molecule is COc1ccc(NS(=O)(=O)c2ccc3c(c2)N(C(C)=O)CC(C)O3)cc1[N+](=O)[O-]. The van der Waals surface area contributed by atoms with Gasteiger partial charge in [-0.05, 0) is 37.3 Å². The number of fused-ring (bicyclic) bond motifs is 1. The van der Waals surface area contributed by atoms with Crippen molar-refractivity contribution < 1.29 is 27.6 Å². The van der Waals surface area contributed by atoms with E-state index in [4.69, 9.17) is 9.47 Å². The van der Waals surface area contributed by atoms with Gasteiger partial charge in [0.25, 0.3) is 10.0 Å². The van der Waals surface area contributed by atoms with Gasteiger partial charge in [-0.15, -0.1) is 0 Å². The van der Waals surface area contributed by atoms with Gasteiger partial charge in [0.05, 0.1) is 34.8 Å². The molecule has 1 aliphatic heterocycles. The number of nitro benzene ring substituents is 1. The predicted molar refractivity (Wildman–Crippen MR) is 105 cm³/mol. The third-order valence-corrected chi connectivity index (χ3v) is 5.69. The Balaban J connectivity index is 1.97. The largest absolute Gasteiger partial charge is 0.490 e. The van der Waals surface area contributed by atoms with Crippen LogP contribution in [-0.4, -0.2) is 39.0 Å². The lowest BCUT2D eigenvalue weighted by Crippen LogP contribution is -2.41. The number of anilines is 2. The summed E-state index contributed by atoms with van der Waals surface area (Å²) in [4.78, 5) is 23.8. The Morgan fingerprint density at radius 2 is 2.03 bits per heavy atom. The summed E-state index contributed by atoms with van der Waals surface area (Å²) in [6.45, 7) is 3.49. The van der Waals surface area contributed by atoms with E-state index in [1.54, 1.807) is 0 Å². The number of sulfonamides is 1. The van der Waals surface area contributed by atoms with Gasteiger partial charge in [0.2, 0.25) is 5.91 Å². The van der Waals surface area contributed by atoms with Crippen LogP contribution >= 0.6 is 0 Å². The molecule has 0 fully saturated rings. The Hall–Kier alpha value is -3.34. The molecule has 0 aromatic heterocycles. The summed E-state index contributed by atoms with van der Waals surface area (Å²) in [6.07, 6.45) is -0.230. The molecular formula is C18H19N3O7S. The zero-order valence-corrected chi connectivity index (χ0v) is 16.7. The number of hydrogen-bond acceptors (Lipinski definition) is 7. The topological polar surface area (TPSA) is 128 Å². The van der Waals surface area contributed by atoms with Crippen molar-refractivity contribution in [1.82, 2.24) is 0 Å². The second-order valence-corrected chi connectivity index (χ2v) is 8.12. The Bertz CT molecular complexity index is 1080. The molecule has 1 amide bonds. The van der Waals surface area contributed by atoms with Gasteiger partial charge in [-0.1, -0.05) is 0 Å². The van der Waals surface area contributed by atoms with Crippen molar-refractivity contribution in [3.05, 3.63) is 46.5 Å². The highest BCUT2D eigenvalue weighted by atomic mass is 32.2. The molecule has 2 aromatic rings. The first-order chi connectivity index (χ1) is 13.6. The van der Waals surface area contributed by atoms with Crippen molar-refractivity contribution in [2.24, 2.45) is 0 Å². The minimum atomic E-state index is -4.08. The number of nitrogens with zero attached hydrogens (tertiary/aromatic N) is 2. The summed E-state index contributed by atoms with van der Waals surface area (Å²) in [5.41, 5.74) is -0.0222. The highest BCUT2D eigenvalue weighted by Gasteiger charge is 2.28. The number of ether oxygens (including phenoxy) is 2. The van der Waals surface area contributed by atoms with Crippen molar-refractivity contribution in [3.8, 4) is 11.5 Å². The normalized spacial score (nSPS) is 15.8. The van der Waals surface area contributed by atoms with Gasteiger partial charge < -0.3 is 14.4 Å². The molecule has 0 spiro atoms. The van der Waals surface area contributed by atoms with Crippen LogP contribution in [0.3, 0.4) is 0 Å². The van der Waals surface area contributed by atoms with Crippen molar-refractivity contribution in [2.45, 2.75) is 24.8 Å². The molecule has 0 radical (unpaired) electrons. The molecule has 3 rings (SSSR count). The first kappa shape index (κ1) is 20.4. The Kier molecular flexibility index (Phi) is 5.33. The molecule has 1 atom stereocenters. The molecule has 1 heterocycles. The Labute approximate surface area is 167 Å². The maximum Gasteiger partial charge on any atom is 0.312 e. The van der Waals surface area contributed by atoms with Crippen LogP contribution < -0.4 is 19.1 Å². The summed E-state index contributed by atoms with van der Waals surface area (Å²) in [7, 11) is -2.80. The number of amides is 1. The molecule has 1 aliphatic rings. The van der Waals surface area contributed by atoms with Crippen LogP contribution in [-0.2, 0) is 14.8 Å². The molecule has 0 bridgehead atoms. The molecule has 0 saturated carbocycles. The smallest absolute Gasteiger partial charge is 0.312 e. The van der Waals surface area contributed by atoms with Crippen LogP contribution in [0.5, 0.6) is 11.5 Å². The fourth-order valence-electron chi connectivity index (χ4n) is 2.99. The Morgan fingerprint density at radius 3 is 2.66 bits per heavy atom. The molecule has 1 N–H and O–H groups in total. The van der Waals surface area contributed by atoms with E-state index in [2.05, 4.69) is 4.72 Å². The van der Waals surface area contributed by atoms with E-state index in [1.807, 2.05) is 6.92 Å². The van der Waals surface area contributed by atoms with E-state index in [1.165, 1.54) is 49.3 Å². The highest BCUT2D eigenvalue weighted by Crippen LogP contribution is 2.36. The zero-order valence-electron chi connectivity index (χ0n) is 15.9. The third-order valence-electron chi connectivity index (χ3n) is 4.31. The lowest BCUT2D eigenvalue weighted by atomic mass is 10.2. The number of nitrogens with one attached hydrogen (secondary N) is 1. The van der Waals surface area contributed by atoms with Crippen LogP contribution in [0.15, 0.2) is 41.3 Å². The van der Waals surface area contributed by atoms with Crippen molar-refractivity contribution in [1.29, 1.82) is 0 Å². The summed E-state index contributed by atoms with van der Waals surface area (Å²) >= 11 is 0. The van der Waals surface area contributed by atoms with Crippen LogP contribution in [0.4, 0.5) is 17.1 Å². The summed E-state index contributed by atoms with van der Waals surface area (Å²) in [6, 6.07) is 7.88. The fourth-order valence-corrected chi connectivity index (χ4v) is 4.06. The van der Waals surface area contributed by atoms with E-state index in [-0.39, 0.29) is 34.0 Å². The number of hydrogen-bond donors (Lipinski definition) is 1. The van der Waals surface area contributed by atoms with E-state index < -0.39 is 14.9 Å². The monoisotopic (exact) mass is 421 g/mol. The number of rotatable bonds is 5. The van der Waals surface area contributed by atoms with Crippen molar-refractivity contribution in [2.75, 3.05) is 23.3 Å². The van der Waals surface area contributed by atoms with E-state index in [0.29, 0.717) is 18.0 Å². The number of carbonyl (C=O) groups excluding carboxylic acids is 1. The van der Waals surface area contributed by atoms with Gasteiger partial charge >= 0.3 is 5.69 Å². The molecule has 1 unspecified atom stereocenters. The van der Waals surface area contributed by atoms with Gasteiger partial charge in [-0.25, -0.2) is 8.42 Å². The van der Waals surface area contributed by atoms with Crippen LogP contribution in [0.25, 0.3) is 0 Å². The minimum Gasteiger partial charge on any atom is -0.490 e. The van der Waals surface area contributed by atoms with Gasteiger partial charge in [-0.2, -0.15) is 0 Å². The number of methoxy groups -OCH3 is 1. The van der Waals surface area contributed by atoms with Crippen molar-refractivity contribution in [3.63, 3.8) is 0 Å². The van der Waals surface area contributed by atoms with Gasteiger partial charge in [0.15, 0.2) is 5.75 Å². The molecule has 2 aromatic carbocycles. The number of benzene rings is 2. The van der Waals surface area contributed by atoms with E-state index >= 15 is 0 Å². The molecule has 154 valence electrons. The first-order valence-corrected chi connectivity index (χ1v) is 10.0. The molecule has 11 heteroatoms. The molecule has 29 heavy (non-hydrogen) atoms. The lowest BCUT2D eigenvalue weighted by Gasteiger charge is -2.33. The average molecular weight is 421 g/mol. The zero-order chi connectivity index (χ0) is 21.3. The summed E-state index contributed by atoms with van der Waals surface area (Å²) in [5, 5.41) is 11.2. The first-order valence-electron chi connectivity index (χ1n) is 8.56. The maximum absolute atomic E-state index is 12.8. The second kappa shape index (κ2) is 7.59. The second-order valence-electron chi connectivity index (χ2n) is 6.44. The van der Waals surface area contributed by atoms with Gasteiger partial charge in [0, 0.05) is 13.0 Å². The van der Waals surface area contributed by atoms with Gasteiger partial charge in [-0.3, -0.25) is 19.6 Å². The fraction of sp³-hybridized carbons (Fsp3) is 0.278. The quantitative estimate of drug-likeness (QED) is 0.580. The van der Waals surface area contributed by atoms with E-state index in [0.717, 1.165) is 6.07 Å². The Morgan fingerprint density at radius 1 is 1.31 bits per heavy atom. The molecule has 0 saturated heterocycles. The maximum atomic E-state index is 12.8. The number of carbonyl (C=O) groups is 1. The molecule has 0 aliphatic carbocycles. The van der Waals surface area contributed by atoms with Crippen LogP contribution in [0.2, 0.25) is 0 Å². The average Bonchev–Trinajstić information content (AvgIpc) is 2.66. The lowest BCUT2D eigenvalue weighted by molar-refractivity contribution is -0.385. The summed E-state index contributed by atoms with van der Waals surface area (Å²) < 4.78 is 38.5. The molecular weight excluding hydrogens is 402 g/mol. The number of nitro groups is 1. The van der Waals surface area contributed by atoms with Gasteiger partial charge in [0.1, 0.15) is 11.9 Å². The summed E-state index contributed by atoms with van der Waals surface area (Å²) in [5.74, 6) is 0.169. The third kappa shape index (κ3) is 4.09. The predicted octanol–water partition coefficient (Wildman–Crippen LogP) is 2.54.